The van der Waals surface area contributed by atoms with E-state index in [1.54, 1.807) is 12.1 Å². The molecule has 0 aliphatic carbocycles. The number of hydrogen-bond donors (Lipinski definition) is 2. The molecule has 2 aromatic carbocycles. The van der Waals surface area contributed by atoms with Crippen molar-refractivity contribution in [1.82, 2.24) is 10.3 Å². The SMILES string of the molecule is CCCOc1ccc(C=NN2C(=O)NC(C)(c3ccc(OC(F)F)cc3)C2=O)c(O)c1. The maximum atomic E-state index is 12.9. The number of rotatable bonds is 8. The highest BCUT2D eigenvalue weighted by atomic mass is 19.3. The molecule has 0 spiro atoms. The van der Waals surface area contributed by atoms with Crippen molar-refractivity contribution in [3.63, 3.8) is 0 Å². The number of phenols is 1. The lowest BCUT2D eigenvalue weighted by molar-refractivity contribution is -0.131. The number of amides is 3. The molecule has 164 valence electrons. The topological polar surface area (TPSA) is 100 Å². The quantitative estimate of drug-likeness (QED) is 0.490. The number of hydrogen-bond acceptors (Lipinski definition) is 6. The van der Waals surface area contributed by atoms with E-state index in [0.717, 1.165) is 6.42 Å². The highest BCUT2D eigenvalue weighted by molar-refractivity contribution is 6.07. The van der Waals surface area contributed by atoms with Gasteiger partial charge in [-0.15, -0.1) is 5.01 Å². The molecule has 3 rings (SSSR count). The summed E-state index contributed by atoms with van der Waals surface area (Å²) in [6, 6.07) is 9.19. The third-order valence-corrected chi connectivity index (χ3v) is 4.61. The van der Waals surface area contributed by atoms with Gasteiger partial charge in [0.1, 0.15) is 22.8 Å². The lowest BCUT2D eigenvalue weighted by Gasteiger charge is -2.21. The second-order valence-electron chi connectivity index (χ2n) is 6.89. The lowest BCUT2D eigenvalue weighted by atomic mass is 9.92. The van der Waals surface area contributed by atoms with Gasteiger partial charge in [0.25, 0.3) is 5.91 Å². The van der Waals surface area contributed by atoms with Crippen molar-refractivity contribution in [2.75, 3.05) is 6.61 Å². The van der Waals surface area contributed by atoms with E-state index >= 15 is 0 Å². The number of nitrogens with zero attached hydrogens (tertiary/aromatic N) is 2. The number of phenolic OH excluding ortho intramolecular Hbond substituents is 1. The molecule has 1 atom stereocenters. The van der Waals surface area contributed by atoms with E-state index in [4.69, 9.17) is 4.74 Å². The van der Waals surface area contributed by atoms with Crippen molar-refractivity contribution < 1.29 is 33.0 Å². The number of carbonyl (C=O) groups excluding carboxylic acids is 2. The molecular formula is C21H21F2N3O5. The van der Waals surface area contributed by atoms with Crippen LogP contribution in [0.15, 0.2) is 47.6 Å². The first-order chi connectivity index (χ1) is 14.7. The van der Waals surface area contributed by atoms with Crippen LogP contribution >= 0.6 is 0 Å². The largest absolute Gasteiger partial charge is 0.507 e. The molecule has 2 N–H and O–H groups in total. The zero-order valence-corrected chi connectivity index (χ0v) is 16.8. The number of benzene rings is 2. The van der Waals surface area contributed by atoms with E-state index in [1.165, 1.54) is 43.5 Å². The highest BCUT2D eigenvalue weighted by Gasteiger charge is 2.49. The fourth-order valence-corrected chi connectivity index (χ4v) is 2.96. The zero-order chi connectivity index (χ0) is 22.6. The Kier molecular flexibility index (Phi) is 6.38. The normalized spacial score (nSPS) is 18.7. The number of ether oxygens (including phenoxy) is 2. The first-order valence-electron chi connectivity index (χ1n) is 9.46. The van der Waals surface area contributed by atoms with Crippen molar-refractivity contribution in [1.29, 1.82) is 0 Å². The molecule has 1 aliphatic heterocycles. The second-order valence-corrected chi connectivity index (χ2v) is 6.89. The first kappa shape index (κ1) is 22.0. The molecule has 0 bridgehead atoms. The Morgan fingerprint density at radius 2 is 1.87 bits per heavy atom. The van der Waals surface area contributed by atoms with Crippen LogP contribution < -0.4 is 14.8 Å². The van der Waals surface area contributed by atoms with Gasteiger partial charge in [-0.2, -0.15) is 13.9 Å². The maximum Gasteiger partial charge on any atom is 0.387 e. The van der Waals surface area contributed by atoms with Crippen molar-refractivity contribution in [3.8, 4) is 17.2 Å². The molecular weight excluding hydrogens is 412 g/mol. The van der Waals surface area contributed by atoms with E-state index in [0.29, 0.717) is 22.9 Å². The van der Waals surface area contributed by atoms with E-state index in [-0.39, 0.29) is 17.1 Å². The number of nitrogens with one attached hydrogen (secondary N) is 1. The fraction of sp³-hybridized carbons (Fsp3) is 0.286. The van der Waals surface area contributed by atoms with Crippen molar-refractivity contribution in [2.24, 2.45) is 5.10 Å². The Labute approximate surface area is 177 Å². The Morgan fingerprint density at radius 1 is 1.19 bits per heavy atom. The Balaban J connectivity index is 1.77. The molecule has 2 aromatic rings. The van der Waals surface area contributed by atoms with Crippen LogP contribution in [0, 0.1) is 0 Å². The maximum absolute atomic E-state index is 12.9. The number of halogens is 2. The van der Waals surface area contributed by atoms with Crippen molar-refractivity contribution >= 4 is 18.2 Å². The Bertz CT molecular complexity index is 997. The monoisotopic (exact) mass is 433 g/mol. The van der Waals surface area contributed by atoms with Gasteiger partial charge in [-0.05, 0) is 43.2 Å². The first-order valence-corrected chi connectivity index (χ1v) is 9.46. The molecule has 10 heteroatoms. The van der Waals surface area contributed by atoms with Crippen LogP contribution in [0.4, 0.5) is 13.6 Å². The van der Waals surface area contributed by atoms with Crippen LogP contribution in [-0.2, 0) is 10.3 Å². The van der Waals surface area contributed by atoms with Crippen LogP contribution in [0.2, 0.25) is 0 Å². The van der Waals surface area contributed by atoms with E-state index in [9.17, 15) is 23.5 Å². The minimum Gasteiger partial charge on any atom is -0.507 e. The minimum atomic E-state index is -2.97. The zero-order valence-electron chi connectivity index (χ0n) is 16.8. The Morgan fingerprint density at radius 3 is 2.48 bits per heavy atom. The number of alkyl halides is 2. The van der Waals surface area contributed by atoms with Gasteiger partial charge >= 0.3 is 12.6 Å². The standard InChI is InChI=1S/C21H21F2N3O5/c1-3-10-30-16-7-4-13(17(27)11-16)12-24-26-18(28)21(2,25-20(26)29)14-5-8-15(9-6-14)31-19(22)23/h4-9,11-12,19,27H,3,10H2,1-2H3,(H,25,29). The molecule has 31 heavy (non-hydrogen) atoms. The van der Waals surface area contributed by atoms with Crippen LogP contribution in [0.5, 0.6) is 17.2 Å². The lowest BCUT2D eigenvalue weighted by Crippen LogP contribution is -2.40. The van der Waals surface area contributed by atoms with Crippen LogP contribution in [0.3, 0.4) is 0 Å². The summed E-state index contributed by atoms with van der Waals surface area (Å²) < 4.78 is 34.3. The van der Waals surface area contributed by atoms with Gasteiger partial charge in [0.05, 0.1) is 12.8 Å². The van der Waals surface area contributed by atoms with Crippen LogP contribution in [-0.4, -0.2) is 41.5 Å². The van der Waals surface area contributed by atoms with Crippen LogP contribution in [0.25, 0.3) is 0 Å². The molecule has 1 saturated heterocycles. The molecule has 1 heterocycles. The molecule has 8 nitrogen and oxygen atoms in total. The average molecular weight is 433 g/mol. The summed E-state index contributed by atoms with van der Waals surface area (Å²) in [5.41, 5.74) is -0.797. The van der Waals surface area contributed by atoms with E-state index in [2.05, 4.69) is 15.2 Å². The van der Waals surface area contributed by atoms with Gasteiger partial charge in [-0.3, -0.25) is 4.79 Å². The molecule has 3 amide bonds. The summed E-state index contributed by atoms with van der Waals surface area (Å²) in [7, 11) is 0. The van der Waals surface area contributed by atoms with Gasteiger partial charge in [0.15, 0.2) is 0 Å². The summed E-state index contributed by atoms with van der Waals surface area (Å²) in [6.07, 6.45) is 2.00. The van der Waals surface area contributed by atoms with Gasteiger partial charge in [-0.1, -0.05) is 19.1 Å². The summed E-state index contributed by atoms with van der Waals surface area (Å²) >= 11 is 0. The average Bonchev–Trinajstić information content (AvgIpc) is 2.95. The fourth-order valence-electron chi connectivity index (χ4n) is 2.96. The number of imide groups is 1. The van der Waals surface area contributed by atoms with Gasteiger partial charge in [0.2, 0.25) is 0 Å². The minimum absolute atomic E-state index is 0.0733. The summed E-state index contributed by atoms with van der Waals surface area (Å²) in [5.74, 6) is -0.380. The van der Waals surface area contributed by atoms with Crippen molar-refractivity contribution in [2.45, 2.75) is 32.4 Å². The summed E-state index contributed by atoms with van der Waals surface area (Å²) in [4.78, 5) is 25.2. The molecule has 1 aliphatic rings. The number of carbonyl (C=O) groups is 2. The van der Waals surface area contributed by atoms with E-state index < -0.39 is 24.1 Å². The summed E-state index contributed by atoms with van der Waals surface area (Å²) in [6.45, 7) is 0.965. The third kappa shape index (κ3) is 4.73. The number of urea groups is 1. The molecule has 0 saturated carbocycles. The third-order valence-electron chi connectivity index (χ3n) is 4.61. The smallest absolute Gasteiger partial charge is 0.387 e. The highest BCUT2D eigenvalue weighted by Crippen LogP contribution is 2.31. The number of hydrazone groups is 1. The van der Waals surface area contributed by atoms with Gasteiger partial charge < -0.3 is 19.9 Å². The molecule has 0 radical (unpaired) electrons. The summed E-state index contributed by atoms with van der Waals surface area (Å²) in [5, 5.41) is 17.2. The molecule has 1 fully saturated rings. The van der Waals surface area contributed by atoms with E-state index in [1.807, 2.05) is 6.92 Å². The number of aromatic hydroxyl groups is 1. The van der Waals surface area contributed by atoms with Crippen LogP contribution in [0.1, 0.15) is 31.4 Å². The van der Waals surface area contributed by atoms with Crippen molar-refractivity contribution in [3.05, 3.63) is 53.6 Å². The molecule has 0 aromatic heterocycles. The predicted octanol–water partition coefficient (Wildman–Crippen LogP) is 3.58. The van der Waals surface area contributed by atoms with Gasteiger partial charge in [0, 0.05) is 11.6 Å². The Hall–Kier alpha value is -3.69. The second kappa shape index (κ2) is 8.99. The predicted molar refractivity (Wildman–Crippen MR) is 107 cm³/mol. The molecule has 1 unspecified atom stereocenters. The van der Waals surface area contributed by atoms with Gasteiger partial charge in [-0.25, -0.2) is 4.79 Å².